The summed E-state index contributed by atoms with van der Waals surface area (Å²) in [6, 6.07) is 11.0. The second-order valence-corrected chi connectivity index (χ2v) is 5.93. The number of ketones is 1. The highest BCUT2D eigenvalue weighted by molar-refractivity contribution is 6.31. The molecular formula is C19H14ClNO3. The Morgan fingerprint density at radius 1 is 1.08 bits per heavy atom. The van der Waals surface area contributed by atoms with Crippen LogP contribution < -0.4 is 9.47 Å². The molecule has 0 atom stereocenters. The summed E-state index contributed by atoms with van der Waals surface area (Å²) in [5.41, 5.74) is 2.35. The number of hydrogen-bond acceptors (Lipinski definition) is 3. The number of carbonyl (C=O) groups excluding carboxylic acids is 1. The topological polar surface area (TPSA) is 51.3 Å². The zero-order valence-electron chi connectivity index (χ0n) is 12.7. The van der Waals surface area contributed by atoms with Crippen molar-refractivity contribution in [2.75, 3.05) is 13.2 Å². The van der Waals surface area contributed by atoms with Gasteiger partial charge < -0.3 is 14.5 Å². The molecule has 0 bridgehead atoms. The van der Waals surface area contributed by atoms with Crippen molar-refractivity contribution in [3.05, 3.63) is 64.8 Å². The smallest absolute Gasteiger partial charge is 0.187 e. The van der Waals surface area contributed by atoms with E-state index in [0.717, 1.165) is 22.2 Å². The summed E-state index contributed by atoms with van der Waals surface area (Å²) in [6.07, 6.45) is 5.04. The van der Waals surface area contributed by atoms with E-state index in [1.54, 1.807) is 30.5 Å². The van der Waals surface area contributed by atoms with Gasteiger partial charge in [0.15, 0.2) is 17.3 Å². The minimum Gasteiger partial charge on any atom is -0.486 e. The Morgan fingerprint density at radius 2 is 1.92 bits per heavy atom. The molecule has 1 aliphatic heterocycles. The second kappa shape index (κ2) is 6.06. The summed E-state index contributed by atoms with van der Waals surface area (Å²) in [5.74, 6) is 1.37. The van der Waals surface area contributed by atoms with Crippen LogP contribution in [0.15, 0.2) is 48.7 Å². The van der Waals surface area contributed by atoms with Gasteiger partial charge in [0.2, 0.25) is 0 Å². The normalized spacial score (nSPS) is 13.5. The van der Waals surface area contributed by atoms with E-state index in [0.29, 0.717) is 29.5 Å². The van der Waals surface area contributed by atoms with Crippen LogP contribution in [0.5, 0.6) is 11.5 Å². The van der Waals surface area contributed by atoms with Gasteiger partial charge in [-0.15, -0.1) is 0 Å². The van der Waals surface area contributed by atoms with Gasteiger partial charge in [-0.1, -0.05) is 29.8 Å². The van der Waals surface area contributed by atoms with Crippen molar-refractivity contribution in [1.82, 2.24) is 4.98 Å². The number of aromatic amines is 1. The number of H-pyrrole nitrogens is 1. The molecule has 0 fully saturated rings. The molecule has 3 aromatic rings. The summed E-state index contributed by atoms with van der Waals surface area (Å²) in [6.45, 7) is 1.10. The lowest BCUT2D eigenvalue weighted by Gasteiger charge is -2.18. The summed E-state index contributed by atoms with van der Waals surface area (Å²) in [4.78, 5) is 15.5. The lowest BCUT2D eigenvalue weighted by atomic mass is 10.1. The summed E-state index contributed by atoms with van der Waals surface area (Å²) in [5, 5.41) is 1.49. The number of rotatable bonds is 3. The number of fused-ring (bicyclic) bond motifs is 2. The maximum absolute atomic E-state index is 12.5. The molecule has 2 heterocycles. The molecule has 0 saturated heterocycles. The fraction of sp³-hybridized carbons (Fsp3) is 0.105. The Morgan fingerprint density at radius 3 is 2.79 bits per heavy atom. The first-order valence-electron chi connectivity index (χ1n) is 7.59. The van der Waals surface area contributed by atoms with Crippen LogP contribution in [0.3, 0.4) is 0 Å². The van der Waals surface area contributed by atoms with Crippen LogP contribution in [0.2, 0.25) is 5.02 Å². The molecule has 0 radical (unpaired) electrons. The van der Waals surface area contributed by atoms with E-state index in [-0.39, 0.29) is 5.78 Å². The number of ether oxygens (including phenoxy) is 2. The molecule has 0 saturated carbocycles. The van der Waals surface area contributed by atoms with Gasteiger partial charge in [-0.3, -0.25) is 4.79 Å². The first kappa shape index (κ1) is 14.8. The van der Waals surface area contributed by atoms with Gasteiger partial charge in [-0.25, -0.2) is 0 Å². The van der Waals surface area contributed by atoms with Crippen LogP contribution in [0, 0.1) is 0 Å². The predicted molar refractivity (Wildman–Crippen MR) is 94.1 cm³/mol. The molecule has 0 aliphatic carbocycles. The van der Waals surface area contributed by atoms with Crippen molar-refractivity contribution in [3.63, 3.8) is 0 Å². The number of allylic oxidation sites excluding steroid dienone is 1. The Bertz CT molecular complexity index is 958. The van der Waals surface area contributed by atoms with E-state index >= 15 is 0 Å². The molecule has 1 aromatic heterocycles. The van der Waals surface area contributed by atoms with Crippen molar-refractivity contribution in [2.45, 2.75) is 0 Å². The number of carbonyl (C=O) groups is 1. The lowest BCUT2D eigenvalue weighted by molar-refractivity contribution is 0.104. The Balaban J connectivity index is 1.60. The molecule has 5 heteroatoms. The SMILES string of the molecule is O=C(C=Cc1ccc2c(c1)OCCO2)c1c[nH]c2cc(Cl)ccc12. The third kappa shape index (κ3) is 2.76. The van der Waals surface area contributed by atoms with E-state index in [1.165, 1.54) is 0 Å². The molecule has 2 aromatic carbocycles. The van der Waals surface area contributed by atoms with Crippen molar-refractivity contribution < 1.29 is 14.3 Å². The fourth-order valence-electron chi connectivity index (χ4n) is 2.73. The van der Waals surface area contributed by atoms with Gasteiger partial charge in [0.1, 0.15) is 13.2 Å². The van der Waals surface area contributed by atoms with Crippen LogP contribution in [0.4, 0.5) is 0 Å². The van der Waals surface area contributed by atoms with Crippen molar-refractivity contribution in [1.29, 1.82) is 0 Å². The molecular weight excluding hydrogens is 326 g/mol. The molecule has 4 rings (SSSR count). The summed E-state index contributed by atoms with van der Waals surface area (Å²) >= 11 is 5.97. The van der Waals surface area contributed by atoms with Gasteiger partial charge in [-0.05, 0) is 35.9 Å². The highest BCUT2D eigenvalue weighted by Crippen LogP contribution is 2.31. The molecule has 0 spiro atoms. The Kier molecular flexibility index (Phi) is 3.75. The van der Waals surface area contributed by atoms with E-state index in [2.05, 4.69) is 4.98 Å². The van der Waals surface area contributed by atoms with Gasteiger partial charge in [0.05, 0.1) is 0 Å². The number of benzene rings is 2. The summed E-state index contributed by atoms with van der Waals surface area (Å²) < 4.78 is 11.0. The molecule has 1 aliphatic rings. The lowest BCUT2D eigenvalue weighted by Crippen LogP contribution is -2.15. The van der Waals surface area contributed by atoms with Crippen LogP contribution in [0.1, 0.15) is 15.9 Å². The second-order valence-electron chi connectivity index (χ2n) is 5.49. The third-order valence-electron chi connectivity index (χ3n) is 3.90. The van der Waals surface area contributed by atoms with Crippen LogP contribution >= 0.6 is 11.6 Å². The number of halogens is 1. The minimum atomic E-state index is -0.0709. The third-order valence-corrected chi connectivity index (χ3v) is 4.14. The number of nitrogens with one attached hydrogen (secondary N) is 1. The minimum absolute atomic E-state index is 0.0709. The first-order chi connectivity index (χ1) is 11.7. The standard InChI is InChI=1S/C19H14ClNO3/c20-13-3-4-14-15(11-21-16(14)10-13)17(22)5-1-12-2-6-18-19(9-12)24-8-7-23-18/h1-6,9-11,21H,7-8H2. The molecule has 1 N–H and O–H groups in total. The quantitative estimate of drug-likeness (QED) is 0.565. The molecule has 0 unspecified atom stereocenters. The van der Waals surface area contributed by atoms with Crippen LogP contribution in [0.25, 0.3) is 17.0 Å². The molecule has 0 amide bonds. The average Bonchev–Trinajstić information content (AvgIpc) is 3.02. The van der Waals surface area contributed by atoms with Crippen molar-refractivity contribution in [3.8, 4) is 11.5 Å². The highest BCUT2D eigenvalue weighted by atomic mass is 35.5. The van der Waals surface area contributed by atoms with Crippen molar-refractivity contribution >= 4 is 34.4 Å². The van der Waals surface area contributed by atoms with Gasteiger partial charge in [-0.2, -0.15) is 0 Å². The number of aromatic nitrogens is 1. The van der Waals surface area contributed by atoms with E-state index in [4.69, 9.17) is 21.1 Å². The van der Waals surface area contributed by atoms with Crippen LogP contribution in [-0.2, 0) is 0 Å². The van der Waals surface area contributed by atoms with E-state index in [9.17, 15) is 4.79 Å². The maximum atomic E-state index is 12.5. The highest BCUT2D eigenvalue weighted by Gasteiger charge is 2.12. The maximum Gasteiger partial charge on any atom is 0.187 e. The predicted octanol–water partition coefficient (Wildman–Crippen LogP) is 4.49. The molecule has 120 valence electrons. The van der Waals surface area contributed by atoms with Gasteiger partial charge >= 0.3 is 0 Å². The molecule has 4 nitrogen and oxygen atoms in total. The zero-order chi connectivity index (χ0) is 16.5. The Labute approximate surface area is 143 Å². The zero-order valence-corrected chi connectivity index (χ0v) is 13.5. The first-order valence-corrected chi connectivity index (χ1v) is 7.97. The Hall–Kier alpha value is -2.72. The summed E-state index contributed by atoms with van der Waals surface area (Å²) in [7, 11) is 0. The van der Waals surface area contributed by atoms with E-state index < -0.39 is 0 Å². The fourth-order valence-corrected chi connectivity index (χ4v) is 2.90. The average molecular weight is 340 g/mol. The van der Waals surface area contributed by atoms with Crippen molar-refractivity contribution in [2.24, 2.45) is 0 Å². The van der Waals surface area contributed by atoms with Crippen LogP contribution in [-0.4, -0.2) is 24.0 Å². The number of hydrogen-bond donors (Lipinski definition) is 1. The molecule has 24 heavy (non-hydrogen) atoms. The van der Waals surface area contributed by atoms with Gasteiger partial charge in [0, 0.05) is 27.7 Å². The van der Waals surface area contributed by atoms with E-state index in [1.807, 2.05) is 24.3 Å². The van der Waals surface area contributed by atoms with Gasteiger partial charge in [0.25, 0.3) is 0 Å². The largest absolute Gasteiger partial charge is 0.486 e. The monoisotopic (exact) mass is 339 g/mol.